The van der Waals surface area contributed by atoms with E-state index < -0.39 is 3.79 Å². The molecule has 0 bridgehead atoms. The monoisotopic (exact) mass is 261 g/mol. The van der Waals surface area contributed by atoms with Crippen molar-refractivity contribution in [2.75, 3.05) is 0 Å². The lowest BCUT2D eigenvalue weighted by atomic mass is 10.2. The van der Waals surface area contributed by atoms with Crippen LogP contribution >= 0.6 is 34.8 Å². The molecule has 0 saturated heterocycles. The third-order valence-corrected chi connectivity index (χ3v) is 2.29. The van der Waals surface area contributed by atoms with Crippen molar-refractivity contribution >= 4 is 34.8 Å². The third-order valence-electron chi connectivity index (χ3n) is 1.81. The second kappa shape index (κ2) is 4.05. The average molecular weight is 263 g/mol. The zero-order valence-electron chi connectivity index (χ0n) is 7.45. The van der Waals surface area contributed by atoms with Crippen LogP contribution in [0.4, 0.5) is 0 Å². The Morgan fingerprint density at radius 3 is 2.27 bits per heavy atom. The van der Waals surface area contributed by atoms with E-state index in [1.807, 2.05) is 30.3 Å². The lowest BCUT2D eigenvalue weighted by Gasteiger charge is -2.03. The van der Waals surface area contributed by atoms with Crippen LogP contribution in [0.2, 0.25) is 0 Å². The van der Waals surface area contributed by atoms with E-state index in [1.165, 1.54) is 6.20 Å². The van der Waals surface area contributed by atoms with E-state index in [-0.39, 0.29) is 5.89 Å². The molecule has 0 N–H and O–H groups in total. The number of nitrogens with zero attached hydrogens (tertiary/aromatic N) is 1. The first-order valence-corrected chi connectivity index (χ1v) is 5.29. The van der Waals surface area contributed by atoms with Gasteiger partial charge in [-0.15, -0.1) is 0 Å². The van der Waals surface area contributed by atoms with Gasteiger partial charge in [-0.3, -0.25) is 0 Å². The maximum Gasteiger partial charge on any atom is 0.266 e. The molecule has 0 aliphatic rings. The fourth-order valence-corrected chi connectivity index (χ4v) is 1.40. The minimum atomic E-state index is -1.62. The van der Waals surface area contributed by atoms with E-state index in [0.717, 1.165) is 5.56 Å². The predicted octanol–water partition coefficient (Wildman–Crippen LogP) is 4.17. The largest absolute Gasteiger partial charge is 0.436 e. The second-order valence-electron chi connectivity index (χ2n) is 2.89. The van der Waals surface area contributed by atoms with Gasteiger partial charge in [0.25, 0.3) is 3.79 Å². The Morgan fingerprint density at radius 2 is 1.73 bits per heavy atom. The number of hydrogen-bond acceptors (Lipinski definition) is 2. The topological polar surface area (TPSA) is 26.0 Å². The molecular formula is C10H6Cl3NO. The third kappa shape index (κ3) is 2.46. The Labute approximate surface area is 102 Å². The minimum absolute atomic E-state index is 0.0753. The predicted molar refractivity (Wildman–Crippen MR) is 61.2 cm³/mol. The number of hydrogen-bond donors (Lipinski definition) is 0. The molecule has 0 aliphatic heterocycles. The second-order valence-corrected chi connectivity index (χ2v) is 5.17. The maximum atomic E-state index is 5.63. The quantitative estimate of drug-likeness (QED) is 0.721. The molecule has 0 saturated carbocycles. The fourth-order valence-electron chi connectivity index (χ4n) is 1.14. The number of halogens is 3. The van der Waals surface area contributed by atoms with Crippen LogP contribution in [-0.4, -0.2) is 4.98 Å². The summed E-state index contributed by atoms with van der Waals surface area (Å²) in [7, 11) is 0. The van der Waals surface area contributed by atoms with Crippen LogP contribution in [-0.2, 0) is 3.79 Å². The van der Waals surface area contributed by atoms with Crippen molar-refractivity contribution in [3.63, 3.8) is 0 Å². The Bertz CT molecular complexity index is 447. The standard InChI is InChI=1S/C10H6Cl3NO/c11-10(12,13)9-14-6-8(15-9)7-4-2-1-3-5-7/h1-6H. The molecule has 0 amide bonds. The summed E-state index contributed by atoms with van der Waals surface area (Å²) < 4.78 is 3.71. The van der Waals surface area contributed by atoms with E-state index >= 15 is 0 Å². The molecule has 1 aromatic heterocycles. The zero-order valence-corrected chi connectivity index (χ0v) is 9.72. The van der Waals surface area contributed by atoms with Crippen LogP contribution in [0.3, 0.4) is 0 Å². The average Bonchev–Trinajstić information content (AvgIpc) is 2.67. The Balaban J connectivity index is 2.37. The van der Waals surface area contributed by atoms with E-state index in [2.05, 4.69) is 4.98 Å². The SMILES string of the molecule is ClC(Cl)(Cl)c1ncc(-c2ccccc2)o1. The molecule has 0 atom stereocenters. The van der Waals surface area contributed by atoms with Crippen molar-refractivity contribution in [3.05, 3.63) is 42.4 Å². The zero-order chi connectivity index (χ0) is 10.9. The van der Waals surface area contributed by atoms with Crippen molar-refractivity contribution < 1.29 is 4.42 Å². The molecule has 1 aromatic carbocycles. The van der Waals surface area contributed by atoms with Gasteiger partial charge in [0, 0.05) is 5.56 Å². The van der Waals surface area contributed by atoms with E-state index in [0.29, 0.717) is 5.76 Å². The first-order valence-electron chi connectivity index (χ1n) is 4.16. The van der Waals surface area contributed by atoms with Crippen LogP contribution in [0.15, 0.2) is 40.9 Å². The summed E-state index contributed by atoms with van der Waals surface area (Å²) in [6.45, 7) is 0. The number of aromatic nitrogens is 1. The highest BCUT2D eigenvalue weighted by Gasteiger charge is 2.29. The molecule has 0 fully saturated rings. The first-order chi connectivity index (χ1) is 7.07. The summed E-state index contributed by atoms with van der Waals surface area (Å²) >= 11 is 16.9. The molecule has 15 heavy (non-hydrogen) atoms. The van der Waals surface area contributed by atoms with Gasteiger partial charge in [-0.2, -0.15) is 0 Å². The van der Waals surface area contributed by atoms with E-state index in [4.69, 9.17) is 39.2 Å². The van der Waals surface area contributed by atoms with Gasteiger partial charge >= 0.3 is 0 Å². The van der Waals surface area contributed by atoms with E-state index in [9.17, 15) is 0 Å². The molecule has 5 heteroatoms. The summed E-state index contributed by atoms with van der Waals surface area (Å²) in [5, 5.41) is 0. The Hall–Kier alpha value is -0.700. The van der Waals surface area contributed by atoms with Gasteiger partial charge < -0.3 is 4.42 Å². The summed E-state index contributed by atoms with van der Waals surface area (Å²) in [6, 6.07) is 9.49. The molecular weight excluding hydrogens is 256 g/mol. The summed E-state index contributed by atoms with van der Waals surface area (Å²) in [5.41, 5.74) is 0.894. The number of rotatable bonds is 1. The molecule has 0 unspecified atom stereocenters. The van der Waals surface area contributed by atoms with Gasteiger partial charge in [0.1, 0.15) is 0 Å². The smallest absolute Gasteiger partial charge is 0.266 e. The van der Waals surface area contributed by atoms with Crippen molar-refractivity contribution in [2.45, 2.75) is 3.79 Å². The molecule has 0 radical (unpaired) electrons. The van der Waals surface area contributed by atoms with Crippen LogP contribution < -0.4 is 0 Å². The summed E-state index contributed by atoms with van der Waals surface area (Å²) in [6.07, 6.45) is 1.53. The Morgan fingerprint density at radius 1 is 1.07 bits per heavy atom. The molecule has 0 aliphatic carbocycles. The minimum Gasteiger partial charge on any atom is -0.436 e. The summed E-state index contributed by atoms with van der Waals surface area (Å²) in [5.74, 6) is 0.656. The maximum absolute atomic E-state index is 5.63. The molecule has 2 rings (SSSR count). The van der Waals surface area contributed by atoms with Gasteiger partial charge in [0.15, 0.2) is 5.76 Å². The highest BCUT2D eigenvalue weighted by atomic mass is 35.6. The van der Waals surface area contributed by atoms with Gasteiger partial charge in [-0.05, 0) is 0 Å². The lowest BCUT2D eigenvalue weighted by Crippen LogP contribution is -1.99. The Kier molecular flexibility index (Phi) is 2.91. The highest BCUT2D eigenvalue weighted by Crippen LogP contribution is 2.38. The normalized spacial score (nSPS) is 11.7. The van der Waals surface area contributed by atoms with Gasteiger partial charge in [-0.25, -0.2) is 4.98 Å². The van der Waals surface area contributed by atoms with Crippen molar-refractivity contribution in [3.8, 4) is 11.3 Å². The number of oxazole rings is 1. The molecule has 2 aromatic rings. The van der Waals surface area contributed by atoms with Crippen molar-refractivity contribution in [2.24, 2.45) is 0 Å². The summed E-state index contributed by atoms with van der Waals surface area (Å²) in [4.78, 5) is 3.90. The van der Waals surface area contributed by atoms with Gasteiger partial charge in [0.05, 0.1) is 6.20 Å². The van der Waals surface area contributed by atoms with Gasteiger partial charge in [-0.1, -0.05) is 65.1 Å². The highest BCUT2D eigenvalue weighted by molar-refractivity contribution is 6.66. The number of benzene rings is 1. The molecule has 2 nitrogen and oxygen atoms in total. The van der Waals surface area contributed by atoms with Crippen LogP contribution in [0.1, 0.15) is 5.89 Å². The van der Waals surface area contributed by atoms with Crippen molar-refractivity contribution in [1.82, 2.24) is 4.98 Å². The fraction of sp³-hybridized carbons (Fsp3) is 0.100. The van der Waals surface area contributed by atoms with Crippen LogP contribution in [0.25, 0.3) is 11.3 Å². The molecule has 78 valence electrons. The molecule has 1 heterocycles. The van der Waals surface area contributed by atoms with E-state index in [1.54, 1.807) is 0 Å². The molecule has 0 spiro atoms. The lowest BCUT2D eigenvalue weighted by molar-refractivity contribution is 0.515. The van der Waals surface area contributed by atoms with Crippen LogP contribution in [0, 0.1) is 0 Å². The van der Waals surface area contributed by atoms with Gasteiger partial charge in [0.2, 0.25) is 5.89 Å². The first kappa shape index (κ1) is 10.8. The number of alkyl halides is 3. The van der Waals surface area contributed by atoms with Crippen molar-refractivity contribution in [1.29, 1.82) is 0 Å². The van der Waals surface area contributed by atoms with Crippen LogP contribution in [0.5, 0.6) is 0 Å².